The summed E-state index contributed by atoms with van der Waals surface area (Å²) in [5.41, 5.74) is -0.918. The van der Waals surface area contributed by atoms with Gasteiger partial charge in [0, 0.05) is 23.9 Å². The van der Waals surface area contributed by atoms with Crippen LogP contribution in [0, 0.1) is 0 Å². The lowest BCUT2D eigenvalue weighted by Gasteiger charge is -2.50. The molecule has 1 heterocycles. The highest BCUT2D eigenvalue weighted by Gasteiger charge is 2.46. The zero-order valence-corrected chi connectivity index (χ0v) is 13.0. The Morgan fingerprint density at radius 1 is 1.14 bits per heavy atom. The first kappa shape index (κ1) is 15.8. The van der Waals surface area contributed by atoms with Crippen LogP contribution in [0.25, 0.3) is 0 Å². The largest absolute Gasteiger partial charge is 0.514 e. The maximum Gasteiger partial charge on any atom is 0.514 e. The number of para-hydroxylation sites is 1. The number of carbonyl (C=O) groups is 1. The fourth-order valence-electron chi connectivity index (χ4n) is 3.01. The normalized spacial score (nSPS) is 21.8. The molecule has 0 saturated carbocycles. The predicted octanol–water partition coefficient (Wildman–Crippen LogP) is 3.61. The van der Waals surface area contributed by atoms with Gasteiger partial charge in [0.15, 0.2) is 0 Å². The molecule has 0 bridgehead atoms. The molecule has 0 amide bonds. The van der Waals surface area contributed by atoms with Gasteiger partial charge < -0.3 is 14.7 Å². The third kappa shape index (κ3) is 3.74. The van der Waals surface area contributed by atoms with E-state index < -0.39 is 17.2 Å². The molecule has 5 nitrogen and oxygen atoms in total. The van der Waals surface area contributed by atoms with Crippen LogP contribution in [0.1, 0.15) is 40.5 Å². The van der Waals surface area contributed by atoms with E-state index in [1.54, 1.807) is 24.3 Å². The molecule has 5 heteroatoms. The molecule has 0 radical (unpaired) electrons. The highest BCUT2D eigenvalue weighted by atomic mass is 16.7. The zero-order valence-electron chi connectivity index (χ0n) is 13.0. The van der Waals surface area contributed by atoms with E-state index in [2.05, 4.69) is 0 Å². The summed E-state index contributed by atoms with van der Waals surface area (Å²) in [5.74, 6) is 0.459. The quantitative estimate of drug-likeness (QED) is 0.666. The summed E-state index contributed by atoms with van der Waals surface area (Å²) in [4.78, 5) is 11.9. The van der Waals surface area contributed by atoms with Crippen molar-refractivity contribution in [1.29, 1.82) is 0 Å². The van der Waals surface area contributed by atoms with Crippen molar-refractivity contribution in [1.82, 2.24) is 5.06 Å². The minimum atomic E-state index is -0.704. The van der Waals surface area contributed by atoms with Crippen LogP contribution in [0.4, 0.5) is 4.79 Å². The lowest BCUT2D eigenvalue weighted by atomic mass is 9.80. The Bertz CT molecular complexity index is 480. The summed E-state index contributed by atoms with van der Waals surface area (Å²) in [7, 11) is 0. The Hall–Kier alpha value is -1.59. The van der Waals surface area contributed by atoms with Crippen LogP contribution in [-0.4, -0.2) is 33.6 Å². The van der Waals surface area contributed by atoms with Crippen molar-refractivity contribution in [2.45, 2.75) is 57.7 Å². The van der Waals surface area contributed by atoms with Gasteiger partial charge in [-0.1, -0.05) is 18.2 Å². The highest BCUT2D eigenvalue weighted by Crippen LogP contribution is 2.38. The van der Waals surface area contributed by atoms with Gasteiger partial charge in [0.2, 0.25) is 0 Å². The van der Waals surface area contributed by atoms with Crippen molar-refractivity contribution >= 4 is 6.16 Å². The second-order valence-corrected chi connectivity index (χ2v) is 6.75. The number of carbonyl (C=O) groups excluding carboxylic acids is 1. The Balaban J connectivity index is 1.98. The number of hydrogen-bond acceptors (Lipinski definition) is 5. The Morgan fingerprint density at radius 3 is 2.19 bits per heavy atom. The molecule has 0 aliphatic carbocycles. The summed E-state index contributed by atoms with van der Waals surface area (Å²) < 4.78 is 10.6. The van der Waals surface area contributed by atoms with Crippen molar-refractivity contribution in [3.8, 4) is 5.75 Å². The van der Waals surface area contributed by atoms with Gasteiger partial charge in [-0.3, -0.25) is 0 Å². The average Bonchev–Trinajstić information content (AvgIpc) is 2.36. The van der Waals surface area contributed by atoms with Crippen LogP contribution < -0.4 is 4.74 Å². The van der Waals surface area contributed by atoms with E-state index in [-0.39, 0.29) is 6.10 Å². The van der Waals surface area contributed by atoms with E-state index in [0.717, 1.165) is 0 Å². The minimum Gasteiger partial charge on any atom is -0.431 e. The average molecular weight is 293 g/mol. The lowest BCUT2D eigenvalue weighted by molar-refractivity contribution is -0.257. The molecule has 1 aromatic carbocycles. The van der Waals surface area contributed by atoms with Crippen molar-refractivity contribution < 1.29 is 19.5 Å². The molecule has 1 aliphatic rings. The Morgan fingerprint density at radius 2 is 1.67 bits per heavy atom. The van der Waals surface area contributed by atoms with E-state index in [1.165, 1.54) is 5.06 Å². The number of hydrogen-bond donors (Lipinski definition) is 1. The Labute approximate surface area is 125 Å². The van der Waals surface area contributed by atoms with Gasteiger partial charge in [-0.15, -0.1) is 0 Å². The summed E-state index contributed by atoms with van der Waals surface area (Å²) in [6.07, 6.45) is 0.118. The molecule has 0 unspecified atom stereocenters. The molecule has 1 saturated heterocycles. The van der Waals surface area contributed by atoms with Crippen molar-refractivity contribution in [3.05, 3.63) is 30.3 Å². The molecular weight excluding hydrogens is 270 g/mol. The van der Waals surface area contributed by atoms with Crippen LogP contribution in [0.5, 0.6) is 5.75 Å². The summed E-state index contributed by atoms with van der Waals surface area (Å²) >= 11 is 0. The van der Waals surface area contributed by atoms with Crippen LogP contribution in [0.15, 0.2) is 30.3 Å². The monoisotopic (exact) mass is 293 g/mol. The third-order valence-corrected chi connectivity index (χ3v) is 3.81. The minimum absolute atomic E-state index is 0.283. The first-order valence-electron chi connectivity index (χ1n) is 7.13. The fourth-order valence-corrected chi connectivity index (χ4v) is 3.01. The number of hydroxylamine groups is 2. The van der Waals surface area contributed by atoms with Gasteiger partial charge in [0.1, 0.15) is 11.9 Å². The van der Waals surface area contributed by atoms with E-state index >= 15 is 0 Å². The van der Waals surface area contributed by atoms with E-state index in [0.29, 0.717) is 18.6 Å². The van der Waals surface area contributed by atoms with Crippen LogP contribution in [-0.2, 0) is 4.74 Å². The molecule has 21 heavy (non-hydrogen) atoms. The van der Waals surface area contributed by atoms with Gasteiger partial charge in [0.05, 0.1) is 0 Å². The van der Waals surface area contributed by atoms with Gasteiger partial charge in [-0.05, 0) is 39.8 Å². The topological polar surface area (TPSA) is 59.0 Å². The predicted molar refractivity (Wildman–Crippen MR) is 78.4 cm³/mol. The number of ether oxygens (including phenoxy) is 2. The number of piperidine rings is 1. The molecule has 1 aromatic rings. The third-order valence-electron chi connectivity index (χ3n) is 3.81. The summed E-state index contributed by atoms with van der Waals surface area (Å²) in [6.45, 7) is 7.69. The maximum absolute atomic E-state index is 11.9. The number of nitrogens with zero attached hydrogens (tertiary/aromatic N) is 1. The molecule has 1 N–H and O–H groups in total. The molecular formula is C16H23NO4. The van der Waals surface area contributed by atoms with Crippen molar-refractivity contribution in [2.75, 3.05) is 0 Å². The summed E-state index contributed by atoms with van der Waals surface area (Å²) in [5, 5.41) is 11.6. The first-order valence-corrected chi connectivity index (χ1v) is 7.13. The smallest absolute Gasteiger partial charge is 0.431 e. The van der Waals surface area contributed by atoms with Gasteiger partial charge in [-0.2, -0.15) is 5.06 Å². The van der Waals surface area contributed by atoms with Gasteiger partial charge in [0.25, 0.3) is 0 Å². The molecule has 0 aromatic heterocycles. The van der Waals surface area contributed by atoms with E-state index in [9.17, 15) is 10.0 Å². The standard InChI is InChI=1S/C16H23NO4/c1-15(2)10-13(11-16(3,4)17(15)19)21-14(18)20-12-8-6-5-7-9-12/h5-9,13,19H,10-11H2,1-4H3. The molecule has 1 aliphatic heterocycles. The SMILES string of the molecule is CC1(C)CC(OC(=O)Oc2ccccc2)CC(C)(C)N1O. The first-order chi connectivity index (χ1) is 9.71. The highest BCUT2D eigenvalue weighted by molar-refractivity contribution is 5.64. The molecule has 0 atom stereocenters. The summed E-state index contributed by atoms with van der Waals surface area (Å²) in [6, 6.07) is 8.83. The Kier molecular flexibility index (Phi) is 4.25. The second-order valence-electron chi connectivity index (χ2n) is 6.75. The number of benzene rings is 1. The lowest BCUT2D eigenvalue weighted by Crippen LogP contribution is -2.60. The fraction of sp³-hybridized carbons (Fsp3) is 0.562. The molecule has 2 rings (SSSR count). The maximum atomic E-state index is 11.9. The second kappa shape index (κ2) is 5.66. The van der Waals surface area contributed by atoms with Crippen molar-refractivity contribution in [2.24, 2.45) is 0 Å². The van der Waals surface area contributed by atoms with E-state index in [4.69, 9.17) is 9.47 Å². The number of rotatable bonds is 2. The van der Waals surface area contributed by atoms with Gasteiger partial charge in [-0.25, -0.2) is 4.79 Å². The van der Waals surface area contributed by atoms with Crippen LogP contribution in [0.3, 0.4) is 0 Å². The van der Waals surface area contributed by atoms with E-state index in [1.807, 2.05) is 33.8 Å². The molecule has 1 fully saturated rings. The molecule has 0 spiro atoms. The molecule has 116 valence electrons. The van der Waals surface area contributed by atoms with Crippen molar-refractivity contribution in [3.63, 3.8) is 0 Å². The van der Waals surface area contributed by atoms with Crippen LogP contribution in [0.2, 0.25) is 0 Å². The van der Waals surface area contributed by atoms with Gasteiger partial charge >= 0.3 is 6.16 Å². The van der Waals surface area contributed by atoms with Crippen LogP contribution >= 0.6 is 0 Å². The zero-order chi connectivity index (χ0) is 15.7.